The topological polar surface area (TPSA) is 183 Å². The van der Waals surface area contributed by atoms with E-state index >= 15 is 0 Å². The highest BCUT2D eigenvalue weighted by molar-refractivity contribution is 4.68. The van der Waals surface area contributed by atoms with Gasteiger partial charge in [-0.25, -0.2) is 0 Å². The highest BCUT2D eigenvalue weighted by Crippen LogP contribution is 1.95. The van der Waals surface area contributed by atoms with Crippen molar-refractivity contribution < 1.29 is 38.3 Å². The molecule has 0 aliphatic heterocycles. The maximum atomic E-state index is 9.07. The van der Waals surface area contributed by atoms with Gasteiger partial charge in [-0.3, -0.25) is 14.7 Å². The lowest BCUT2D eigenvalue weighted by Gasteiger charge is -2.28. The van der Waals surface area contributed by atoms with Gasteiger partial charge in [0.05, 0.1) is 85.9 Å². The fourth-order valence-electron chi connectivity index (χ4n) is 4.52. The van der Waals surface area contributed by atoms with Gasteiger partial charge < -0.3 is 65.7 Å². The van der Waals surface area contributed by atoms with E-state index in [1.807, 2.05) is 0 Å². The van der Waals surface area contributed by atoms with Crippen LogP contribution in [-0.2, 0) is 33.2 Å². The van der Waals surface area contributed by atoms with Gasteiger partial charge >= 0.3 is 0 Å². The van der Waals surface area contributed by atoms with Crippen molar-refractivity contribution in [1.29, 1.82) is 0 Å². The molecular formula is C32H74N8O8. The number of hydrogen-bond donors (Lipinski definition) is 6. The molecule has 0 radical (unpaired) electrons. The zero-order chi connectivity index (χ0) is 35.0. The minimum atomic E-state index is 0.0347. The highest BCUT2D eigenvalue weighted by atomic mass is 16.6. The van der Waals surface area contributed by atoms with Gasteiger partial charge in [0.2, 0.25) is 0 Å². The Bertz CT molecular complexity index is 610. The Labute approximate surface area is 291 Å². The molecule has 0 aromatic heterocycles. The van der Waals surface area contributed by atoms with Gasteiger partial charge in [0.1, 0.15) is 0 Å². The third-order valence-electron chi connectivity index (χ3n) is 7.29. The molecule has 0 fully saturated rings. The van der Waals surface area contributed by atoms with Crippen LogP contribution in [0.4, 0.5) is 0 Å². The second-order valence-electron chi connectivity index (χ2n) is 11.1. The van der Waals surface area contributed by atoms with Gasteiger partial charge in [-0.2, -0.15) is 0 Å². The second kappa shape index (κ2) is 40.8. The molecular weight excluding hydrogens is 624 g/mol. The standard InChI is InChI=1S/C32H74N8O8/c1-42-25-27-46-23-19-40(18-22-45-24-20-41)17-16-39(14-8-36-7-13-38(11-4-34)12-6-35-5-3-33)15-9-37-10-21-44-29-30-48-32-31-47-28-26-43-2/h35-37,41H,3-34H2,1-2H3. The maximum Gasteiger partial charge on any atom is 0.0701 e. The monoisotopic (exact) mass is 699 g/mol. The van der Waals surface area contributed by atoms with E-state index in [-0.39, 0.29) is 6.61 Å². The summed E-state index contributed by atoms with van der Waals surface area (Å²) in [7, 11) is 3.34. The molecule has 0 amide bonds. The Balaban J connectivity index is 4.60. The molecule has 8 N–H and O–H groups in total. The van der Waals surface area contributed by atoms with Crippen LogP contribution in [0.5, 0.6) is 0 Å². The van der Waals surface area contributed by atoms with E-state index in [1.54, 1.807) is 14.2 Å². The van der Waals surface area contributed by atoms with Crippen LogP contribution in [-0.4, -0.2) is 231 Å². The van der Waals surface area contributed by atoms with E-state index in [9.17, 15) is 0 Å². The number of ether oxygens (including phenoxy) is 7. The number of aliphatic hydroxyl groups excluding tert-OH is 1. The molecule has 0 bridgehead atoms. The molecule has 0 aromatic carbocycles. The molecule has 0 aliphatic carbocycles. The molecule has 0 saturated heterocycles. The van der Waals surface area contributed by atoms with Crippen molar-refractivity contribution >= 4 is 0 Å². The van der Waals surface area contributed by atoms with Crippen LogP contribution >= 0.6 is 0 Å². The zero-order valence-electron chi connectivity index (χ0n) is 30.5. The van der Waals surface area contributed by atoms with Crippen molar-refractivity contribution in [2.45, 2.75) is 0 Å². The maximum absolute atomic E-state index is 9.07. The Morgan fingerprint density at radius 3 is 1.27 bits per heavy atom. The van der Waals surface area contributed by atoms with Crippen LogP contribution in [0.1, 0.15) is 0 Å². The number of nitrogens with zero attached hydrogens (tertiary/aromatic N) is 3. The number of hydrogen-bond acceptors (Lipinski definition) is 16. The average molecular weight is 699 g/mol. The van der Waals surface area contributed by atoms with Crippen molar-refractivity contribution in [2.24, 2.45) is 11.5 Å². The summed E-state index contributed by atoms with van der Waals surface area (Å²) in [6.45, 7) is 21.5. The Morgan fingerprint density at radius 2 is 0.792 bits per heavy atom. The summed E-state index contributed by atoms with van der Waals surface area (Å²) in [5.41, 5.74) is 11.4. The summed E-state index contributed by atoms with van der Waals surface area (Å²) in [6.07, 6.45) is 0. The molecule has 16 heteroatoms. The van der Waals surface area contributed by atoms with Crippen LogP contribution in [0, 0.1) is 0 Å². The van der Waals surface area contributed by atoms with Crippen molar-refractivity contribution in [3.05, 3.63) is 0 Å². The predicted octanol–water partition coefficient (Wildman–Crippen LogP) is -3.05. The lowest BCUT2D eigenvalue weighted by atomic mass is 10.3. The van der Waals surface area contributed by atoms with E-state index in [4.69, 9.17) is 49.7 Å². The zero-order valence-corrected chi connectivity index (χ0v) is 30.5. The Hall–Kier alpha value is -0.640. The first-order valence-corrected chi connectivity index (χ1v) is 17.9. The molecule has 16 nitrogen and oxygen atoms in total. The fourth-order valence-corrected chi connectivity index (χ4v) is 4.52. The molecule has 0 unspecified atom stereocenters. The third-order valence-corrected chi connectivity index (χ3v) is 7.29. The fraction of sp³-hybridized carbons (Fsp3) is 1.00. The minimum Gasteiger partial charge on any atom is -0.394 e. The predicted molar refractivity (Wildman–Crippen MR) is 191 cm³/mol. The van der Waals surface area contributed by atoms with E-state index in [0.717, 1.165) is 98.2 Å². The summed E-state index contributed by atoms with van der Waals surface area (Å²) >= 11 is 0. The quantitative estimate of drug-likeness (QED) is 0.0354. The third kappa shape index (κ3) is 35.2. The van der Waals surface area contributed by atoms with Crippen LogP contribution < -0.4 is 27.4 Å². The summed E-state index contributed by atoms with van der Waals surface area (Å²) in [5.74, 6) is 0. The van der Waals surface area contributed by atoms with E-state index in [2.05, 4.69) is 30.7 Å². The number of nitrogens with one attached hydrogen (secondary N) is 3. The SMILES string of the molecule is COCCOCCOCCOCCNCCN(CCNCCN(CCN)CCNCCN)CCN(CCOCCO)CCOCCOC. The minimum absolute atomic E-state index is 0.0347. The number of methoxy groups -OCH3 is 2. The molecule has 0 saturated carbocycles. The normalized spacial score (nSPS) is 12.0. The molecule has 0 aliphatic rings. The highest BCUT2D eigenvalue weighted by Gasteiger charge is 2.11. The Morgan fingerprint density at radius 1 is 0.396 bits per heavy atom. The van der Waals surface area contributed by atoms with Crippen molar-refractivity contribution in [2.75, 3.05) is 211 Å². The van der Waals surface area contributed by atoms with Crippen LogP contribution in [0.3, 0.4) is 0 Å². The van der Waals surface area contributed by atoms with Crippen molar-refractivity contribution in [1.82, 2.24) is 30.7 Å². The molecule has 0 heterocycles. The van der Waals surface area contributed by atoms with Gasteiger partial charge in [-0.1, -0.05) is 0 Å². The molecule has 0 atom stereocenters. The van der Waals surface area contributed by atoms with Crippen LogP contribution in [0.15, 0.2) is 0 Å². The second-order valence-corrected chi connectivity index (χ2v) is 11.1. The number of nitrogens with two attached hydrogens (primary N) is 2. The lowest BCUT2D eigenvalue weighted by Crippen LogP contribution is -2.44. The van der Waals surface area contributed by atoms with Gasteiger partial charge in [0, 0.05) is 125 Å². The molecule has 0 aromatic rings. The average Bonchev–Trinajstić information content (AvgIpc) is 3.09. The van der Waals surface area contributed by atoms with E-state index < -0.39 is 0 Å². The van der Waals surface area contributed by atoms with Crippen LogP contribution in [0.25, 0.3) is 0 Å². The molecule has 0 spiro atoms. The van der Waals surface area contributed by atoms with Crippen molar-refractivity contribution in [3.8, 4) is 0 Å². The van der Waals surface area contributed by atoms with Gasteiger partial charge in [0.15, 0.2) is 0 Å². The van der Waals surface area contributed by atoms with Gasteiger partial charge in [-0.05, 0) is 0 Å². The number of rotatable bonds is 42. The summed E-state index contributed by atoms with van der Waals surface area (Å²) in [4.78, 5) is 7.24. The van der Waals surface area contributed by atoms with Gasteiger partial charge in [0.25, 0.3) is 0 Å². The Kier molecular flexibility index (Phi) is 40.2. The van der Waals surface area contributed by atoms with Gasteiger partial charge in [-0.15, -0.1) is 0 Å². The first-order valence-electron chi connectivity index (χ1n) is 17.9. The summed E-state index contributed by atoms with van der Waals surface area (Å²) < 4.78 is 37.9. The molecule has 290 valence electrons. The van der Waals surface area contributed by atoms with Crippen molar-refractivity contribution in [3.63, 3.8) is 0 Å². The smallest absolute Gasteiger partial charge is 0.0701 e. The number of aliphatic hydroxyl groups is 1. The summed E-state index contributed by atoms with van der Waals surface area (Å²) in [6, 6.07) is 0. The lowest BCUT2D eigenvalue weighted by molar-refractivity contribution is 0.00408. The molecule has 48 heavy (non-hydrogen) atoms. The largest absolute Gasteiger partial charge is 0.394 e. The summed E-state index contributed by atoms with van der Waals surface area (Å²) in [5, 5.41) is 19.6. The molecule has 0 rings (SSSR count). The van der Waals surface area contributed by atoms with Crippen LogP contribution in [0.2, 0.25) is 0 Å². The first-order chi connectivity index (χ1) is 23.7. The van der Waals surface area contributed by atoms with E-state index in [0.29, 0.717) is 92.4 Å². The first kappa shape index (κ1) is 47.4. The van der Waals surface area contributed by atoms with E-state index in [1.165, 1.54) is 0 Å².